The van der Waals surface area contributed by atoms with Gasteiger partial charge in [-0.3, -0.25) is 9.59 Å². The van der Waals surface area contributed by atoms with Gasteiger partial charge in [0.15, 0.2) is 0 Å². The fraction of sp³-hybridized carbons (Fsp3) is 0.474. The predicted molar refractivity (Wildman–Crippen MR) is 104 cm³/mol. The Labute approximate surface area is 158 Å². The molecule has 146 valence electrons. The van der Waals surface area contributed by atoms with E-state index in [2.05, 4.69) is 15.0 Å². The van der Waals surface area contributed by atoms with Crippen molar-refractivity contribution >= 4 is 26.8 Å². The summed E-state index contributed by atoms with van der Waals surface area (Å²) < 4.78 is 27.4. The SMILES string of the molecule is O=C(CCNS(=O)(=O)c1ccc2[nH]c(=O)ccc2c1)NC1CCCCCC1. The summed E-state index contributed by atoms with van der Waals surface area (Å²) in [7, 11) is -3.72. The summed E-state index contributed by atoms with van der Waals surface area (Å²) in [4.78, 5) is 26.1. The molecule has 1 saturated carbocycles. The summed E-state index contributed by atoms with van der Waals surface area (Å²) in [5, 5.41) is 3.64. The summed E-state index contributed by atoms with van der Waals surface area (Å²) in [5.74, 6) is -0.124. The van der Waals surface area contributed by atoms with Crippen molar-refractivity contribution in [1.29, 1.82) is 0 Å². The van der Waals surface area contributed by atoms with Crippen LogP contribution >= 0.6 is 0 Å². The van der Waals surface area contributed by atoms with Crippen LogP contribution in [0.4, 0.5) is 0 Å². The van der Waals surface area contributed by atoms with E-state index in [1.807, 2.05) is 0 Å². The van der Waals surface area contributed by atoms with Gasteiger partial charge < -0.3 is 10.3 Å². The first kappa shape index (κ1) is 19.6. The highest BCUT2D eigenvalue weighted by atomic mass is 32.2. The summed E-state index contributed by atoms with van der Waals surface area (Å²) >= 11 is 0. The Kier molecular flexibility index (Phi) is 6.28. The van der Waals surface area contributed by atoms with Crippen molar-refractivity contribution in [2.75, 3.05) is 6.54 Å². The molecular weight excluding hydrogens is 366 g/mol. The molecule has 1 fully saturated rings. The Morgan fingerprint density at radius 1 is 1.07 bits per heavy atom. The van der Waals surface area contributed by atoms with Gasteiger partial charge in [0.2, 0.25) is 21.5 Å². The Morgan fingerprint density at radius 3 is 2.56 bits per heavy atom. The van der Waals surface area contributed by atoms with E-state index in [9.17, 15) is 18.0 Å². The summed E-state index contributed by atoms with van der Waals surface area (Å²) in [6.45, 7) is 0.0462. The minimum absolute atomic E-state index is 0.0462. The monoisotopic (exact) mass is 391 g/mol. The maximum absolute atomic E-state index is 12.4. The smallest absolute Gasteiger partial charge is 0.248 e. The molecule has 7 nitrogen and oxygen atoms in total. The number of sulfonamides is 1. The van der Waals surface area contributed by atoms with Gasteiger partial charge in [-0.15, -0.1) is 0 Å². The molecule has 2 aromatic rings. The lowest BCUT2D eigenvalue weighted by Crippen LogP contribution is -2.36. The third-order valence-electron chi connectivity index (χ3n) is 4.87. The van der Waals surface area contributed by atoms with Crippen LogP contribution in [0, 0.1) is 0 Å². The van der Waals surface area contributed by atoms with Crippen LogP contribution in [0.3, 0.4) is 0 Å². The van der Waals surface area contributed by atoms with Crippen molar-refractivity contribution in [2.24, 2.45) is 0 Å². The van der Waals surface area contributed by atoms with Gasteiger partial charge in [-0.05, 0) is 42.5 Å². The third-order valence-corrected chi connectivity index (χ3v) is 6.33. The lowest BCUT2D eigenvalue weighted by molar-refractivity contribution is -0.121. The second-order valence-corrected chi connectivity index (χ2v) is 8.74. The van der Waals surface area contributed by atoms with Crippen LogP contribution in [-0.4, -0.2) is 31.9 Å². The van der Waals surface area contributed by atoms with E-state index < -0.39 is 10.0 Å². The first-order valence-electron chi connectivity index (χ1n) is 9.36. The first-order valence-corrected chi connectivity index (χ1v) is 10.8. The van der Waals surface area contributed by atoms with E-state index in [4.69, 9.17) is 0 Å². The first-order chi connectivity index (χ1) is 12.9. The average molecular weight is 391 g/mol. The molecule has 0 aliphatic heterocycles. The zero-order valence-electron chi connectivity index (χ0n) is 15.2. The van der Waals surface area contributed by atoms with Crippen molar-refractivity contribution in [3.05, 3.63) is 40.7 Å². The number of pyridine rings is 1. The van der Waals surface area contributed by atoms with E-state index in [1.165, 1.54) is 31.0 Å². The highest BCUT2D eigenvalue weighted by molar-refractivity contribution is 7.89. The van der Waals surface area contributed by atoms with Gasteiger partial charge in [0.05, 0.1) is 4.90 Å². The van der Waals surface area contributed by atoms with E-state index in [0.717, 1.165) is 25.7 Å². The van der Waals surface area contributed by atoms with Crippen molar-refractivity contribution in [1.82, 2.24) is 15.0 Å². The van der Waals surface area contributed by atoms with Gasteiger partial charge in [0.25, 0.3) is 0 Å². The van der Waals surface area contributed by atoms with E-state index in [-0.39, 0.29) is 35.4 Å². The van der Waals surface area contributed by atoms with Crippen LogP contribution in [-0.2, 0) is 14.8 Å². The van der Waals surface area contributed by atoms with Gasteiger partial charge in [-0.2, -0.15) is 0 Å². The Hall–Kier alpha value is -2.19. The summed E-state index contributed by atoms with van der Waals surface area (Å²) in [5.41, 5.74) is 0.333. The van der Waals surface area contributed by atoms with Gasteiger partial charge in [-0.1, -0.05) is 25.7 Å². The molecule has 1 aliphatic rings. The molecule has 0 saturated heterocycles. The van der Waals surface area contributed by atoms with Gasteiger partial charge in [-0.25, -0.2) is 13.1 Å². The fourth-order valence-electron chi connectivity index (χ4n) is 3.41. The quantitative estimate of drug-likeness (QED) is 0.655. The molecule has 1 aliphatic carbocycles. The van der Waals surface area contributed by atoms with Crippen LogP contribution in [0.15, 0.2) is 40.0 Å². The van der Waals surface area contributed by atoms with Gasteiger partial charge >= 0.3 is 0 Å². The number of benzene rings is 1. The Balaban J connectivity index is 1.55. The molecule has 0 bridgehead atoms. The number of amides is 1. The molecule has 1 amide bonds. The molecule has 3 rings (SSSR count). The minimum atomic E-state index is -3.72. The molecule has 1 aromatic heterocycles. The van der Waals surface area contributed by atoms with Crippen LogP contribution < -0.4 is 15.6 Å². The largest absolute Gasteiger partial charge is 0.353 e. The molecule has 1 heterocycles. The zero-order valence-corrected chi connectivity index (χ0v) is 16.0. The second kappa shape index (κ2) is 8.67. The number of nitrogens with one attached hydrogen (secondary N) is 3. The van der Waals surface area contributed by atoms with Crippen LogP contribution in [0.2, 0.25) is 0 Å². The molecule has 1 aromatic carbocycles. The van der Waals surface area contributed by atoms with Crippen molar-refractivity contribution < 1.29 is 13.2 Å². The van der Waals surface area contributed by atoms with E-state index >= 15 is 0 Å². The zero-order chi connectivity index (χ0) is 19.3. The van der Waals surface area contributed by atoms with Crippen LogP contribution in [0.5, 0.6) is 0 Å². The summed E-state index contributed by atoms with van der Waals surface area (Å²) in [6.07, 6.45) is 6.79. The molecule has 0 unspecified atom stereocenters. The van der Waals surface area contributed by atoms with E-state index in [1.54, 1.807) is 12.1 Å². The van der Waals surface area contributed by atoms with Crippen LogP contribution in [0.1, 0.15) is 44.9 Å². The number of carbonyl (C=O) groups excluding carboxylic acids is 1. The number of hydrogen-bond donors (Lipinski definition) is 3. The van der Waals surface area contributed by atoms with Crippen molar-refractivity contribution in [3.63, 3.8) is 0 Å². The number of fused-ring (bicyclic) bond motifs is 1. The number of carbonyl (C=O) groups is 1. The number of aromatic nitrogens is 1. The van der Waals surface area contributed by atoms with E-state index in [0.29, 0.717) is 10.9 Å². The number of aromatic amines is 1. The highest BCUT2D eigenvalue weighted by Gasteiger charge is 2.17. The second-order valence-electron chi connectivity index (χ2n) is 6.98. The van der Waals surface area contributed by atoms with Crippen molar-refractivity contribution in [3.8, 4) is 0 Å². The maximum Gasteiger partial charge on any atom is 0.248 e. The molecule has 27 heavy (non-hydrogen) atoms. The predicted octanol–water partition coefficient (Wildman–Crippen LogP) is 2.04. The van der Waals surface area contributed by atoms with Crippen LogP contribution in [0.25, 0.3) is 10.9 Å². The lowest BCUT2D eigenvalue weighted by atomic mass is 10.1. The topological polar surface area (TPSA) is 108 Å². The molecule has 3 N–H and O–H groups in total. The van der Waals surface area contributed by atoms with Crippen molar-refractivity contribution in [2.45, 2.75) is 55.9 Å². The highest BCUT2D eigenvalue weighted by Crippen LogP contribution is 2.18. The molecule has 8 heteroatoms. The normalized spacial score (nSPS) is 16.1. The number of H-pyrrole nitrogens is 1. The third kappa shape index (κ3) is 5.40. The fourth-order valence-corrected chi connectivity index (χ4v) is 4.47. The van der Waals surface area contributed by atoms with Gasteiger partial charge in [0.1, 0.15) is 0 Å². The maximum atomic E-state index is 12.4. The Bertz CT molecular complexity index is 960. The molecular formula is C19H25N3O4S. The summed E-state index contributed by atoms with van der Waals surface area (Å²) in [6, 6.07) is 7.63. The lowest BCUT2D eigenvalue weighted by Gasteiger charge is -2.16. The Morgan fingerprint density at radius 2 is 1.81 bits per heavy atom. The van der Waals surface area contributed by atoms with Gasteiger partial charge in [0, 0.05) is 30.6 Å². The average Bonchev–Trinajstić information content (AvgIpc) is 2.89. The minimum Gasteiger partial charge on any atom is -0.353 e. The number of rotatable bonds is 6. The molecule has 0 radical (unpaired) electrons. The standard InChI is InChI=1S/C19H25N3O4S/c23-18-10-7-14-13-16(8-9-17(14)22-18)27(25,26)20-12-11-19(24)21-15-5-3-1-2-4-6-15/h7-10,13,15,20H,1-6,11-12H2,(H,21,24)(H,22,23). The molecule has 0 spiro atoms. The number of hydrogen-bond acceptors (Lipinski definition) is 4. The molecule has 0 atom stereocenters.